The molecular weight excluding hydrogens is 276 g/mol. The van der Waals surface area contributed by atoms with Gasteiger partial charge in [0.2, 0.25) is 15.9 Å². The summed E-state index contributed by atoms with van der Waals surface area (Å²) in [6, 6.07) is 4.91. The molecule has 0 aromatic heterocycles. The van der Waals surface area contributed by atoms with Crippen molar-refractivity contribution < 1.29 is 13.2 Å². The molecule has 20 heavy (non-hydrogen) atoms. The molecule has 2 heterocycles. The number of hydrogen-bond donors (Lipinski definition) is 1. The highest BCUT2D eigenvalue weighted by atomic mass is 32.2. The standard InChI is InChI=1S/C14H18N2O3S/c17-14-10-11-9-12(5-6-13(11)15-14)20(18,19)16-7-3-1-2-4-8-16/h5-6,9H,1-4,7-8,10H2,(H,15,17). The monoisotopic (exact) mass is 294 g/mol. The lowest BCUT2D eigenvalue weighted by Gasteiger charge is -2.20. The fourth-order valence-corrected chi connectivity index (χ4v) is 4.37. The van der Waals surface area contributed by atoms with Crippen molar-refractivity contribution in [2.45, 2.75) is 37.0 Å². The van der Waals surface area contributed by atoms with Gasteiger partial charge in [0.05, 0.1) is 11.3 Å². The predicted octanol–water partition coefficient (Wildman–Crippen LogP) is 1.75. The van der Waals surface area contributed by atoms with Crippen LogP contribution in [0.2, 0.25) is 0 Å². The first kappa shape index (κ1) is 13.6. The fraction of sp³-hybridized carbons (Fsp3) is 0.500. The average molecular weight is 294 g/mol. The molecule has 0 atom stereocenters. The van der Waals surface area contributed by atoms with Gasteiger partial charge in [-0.2, -0.15) is 4.31 Å². The Hall–Kier alpha value is -1.40. The number of benzene rings is 1. The lowest BCUT2D eigenvalue weighted by atomic mass is 10.2. The summed E-state index contributed by atoms with van der Waals surface area (Å²) in [5.74, 6) is -0.0793. The van der Waals surface area contributed by atoms with Crippen molar-refractivity contribution in [3.8, 4) is 0 Å². The Morgan fingerprint density at radius 1 is 1.05 bits per heavy atom. The zero-order valence-corrected chi connectivity index (χ0v) is 12.1. The molecule has 3 rings (SSSR count). The van der Waals surface area contributed by atoms with E-state index < -0.39 is 10.0 Å². The summed E-state index contributed by atoms with van der Waals surface area (Å²) in [5, 5.41) is 2.72. The van der Waals surface area contributed by atoms with Gasteiger partial charge in [-0.3, -0.25) is 4.79 Å². The summed E-state index contributed by atoms with van der Waals surface area (Å²) >= 11 is 0. The van der Waals surface area contributed by atoms with Crippen molar-refractivity contribution in [2.75, 3.05) is 18.4 Å². The Kier molecular flexibility index (Phi) is 3.52. The maximum Gasteiger partial charge on any atom is 0.243 e. The number of sulfonamides is 1. The molecule has 1 fully saturated rings. The van der Waals surface area contributed by atoms with Crippen LogP contribution in [0, 0.1) is 0 Å². The highest BCUT2D eigenvalue weighted by Gasteiger charge is 2.27. The van der Waals surface area contributed by atoms with Gasteiger partial charge in [0.1, 0.15) is 0 Å². The number of carbonyl (C=O) groups excluding carboxylic acids is 1. The van der Waals surface area contributed by atoms with Crippen LogP contribution in [0.1, 0.15) is 31.2 Å². The largest absolute Gasteiger partial charge is 0.326 e. The Morgan fingerprint density at radius 3 is 2.45 bits per heavy atom. The molecule has 1 N–H and O–H groups in total. The molecule has 2 aliphatic heterocycles. The number of nitrogens with zero attached hydrogens (tertiary/aromatic N) is 1. The van der Waals surface area contributed by atoms with E-state index in [0.29, 0.717) is 18.0 Å². The molecular formula is C14H18N2O3S. The second-order valence-electron chi connectivity index (χ2n) is 5.36. The molecule has 2 aliphatic rings. The minimum Gasteiger partial charge on any atom is -0.326 e. The summed E-state index contributed by atoms with van der Waals surface area (Å²) in [7, 11) is -3.43. The zero-order chi connectivity index (χ0) is 14.2. The van der Waals surface area contributed by atoms with Crippen LogP contribution < -0.4 is 5.32 Å². The van der Waals surface area contributed by atoms with Gasteiger partial charge in [0.25, 0.3) is 0 Å². The molecule has 108 valence electrons. The fourth-order valence-electron chi connectivity index (χ4n) is 2.80. The number of hydrogen-bond acceptors (Lipinski definition) is 3. The molecule has 0 saturated carbocycles. The summed E-state index contributed by atoms with van der Waals surface area (Å²) < 4.78 is 26.9. The van der Waals surface area contributed by atoms with Gasteiger partial charge in [-0.1, -0.05) is 12.8 Å². The van der Waals surface area contributed by atoms with Crippen LogP contribution in [0.5, 0.6) is 0 Å². The van der Waals surface area contributed by atoms with Crippen molar-refractivity contribution in [2.24, 2.45) is 0 Å². The average Bonchev–Trinajstić information content (AvgIpc) is 2.63. The van der Waals surface area contributed by atoms with Crippen LogP contribution in [-0.4, -0.2) is 31.7 Å². The normalized spacial score (nSPS) is 20.3. The van der Waals surface area contributed by atoms with Gasteiger partial charge >= 0.3 is 0 Å². The minimum atomic E-state index is -3.43. The van der Waals surface area contributed by atoms with Crippen LogP contribution in [-0.2, 0) is 21.2 Å². The van der Waals surface area contributed by atoms with E-state index in [2.05, 4.69) is 5.32 Å². The van der Waals surface area contributed by atoms with Gasteiger partial charge in [0.15, 0.2) is 0 Å². The molecule has 1 saturated heterocycles. The van der Waals surface area contributed by atoms with Crippen molar-refractivity contribution >= 4 is 21.6 Å². The van der Waals surface area contributed by atoms with Gasteiger partial charge in [-0.05, 0) is 36.6 Å². The first-order chi connectivity index (χ1) is 9.57. The van der Waals surface area contributed by atoms with Crippen LogP contribution >= 0.6 is 0 Å². The smallest absolute Gasteiger partial charge is 0.243 e. The number of rotatable bonds is 2. The van der Waals surface area contributed by atoms with E-state index in [1.165, 1.54) is 0 Å². The Morgan fingerprint density at radius 2 is 1.75 bits per heavy atom. The van der Waals surface area contributed by atoms with Crippen molar-refractivity contribution in [1.82, 2.24) is 4.31 Å². The molecule has 0 unspecified atom stereocenters. The third-order valence-electron chi connectivity index (χ3n) is 3.90. The SMILES string of the molecule is O=C1Cc2cc(S(=O)(=O)N3CCCCCC3)ccc2N1. The second-order valence-corrected chi connectivity index (χ2v) is 7.30. The van der Waals surface area contributed by atoms with Crippen LogP contribution in [0.3, 0.4) is 0 Å². The van der Waals surface area contributed by atoms with Gasteiger partial charge < -0.3 is 5.32 Å². The van der Waals surface area contributed by atoms with E-state index in [9.17, 15) is 13.2 Å². The minimum absolute atomic E-state index is 0.0793. The molecule has 5 nitrogen and oxygen atoms in total. The molecule has 0 spiro atoms. The number of fused-ring (bicyclic) bond motifs is 1. The molecule has 1 amide bonds. The zero-order valence-electron chi connectivity index (χ0n) is 11.3. The molecule has 0 aliphatic carbocycles. The lowest BCUT2D eigenvalue weighted by Crippen LogP contribution is -2.31. The van der Waals surface area contributed by atoms with E-state index in [-0.39, 0.29) is 12.3 Å². The summed E-state index contributed by atoms with van der Waals surface area (Å²) in [6.45, 7) is 1.19. The van der Waals surface area contributed by atoms with Gasteiger partial charge in [-0.15, -0.1) is 0 Å². The lowest BCUT2D eigenvalue weighted by molar-refractivity contribution is -0.115. The van der Waals surface area contributed by atoms with Crippen molar-refractivity contribution in [3.63, 3.8) is 0 Å². The van der Waals surface area contributed by atoms with Crippen LogP contribution in [0.4, 0.5) is 5.69 Å². The van der Waals surface area contributed by atoms with Crippen molar-refractivity contribution in [1.29, 1.82) is 0 Å². The van der Waals surface area contributed by atoms with Crippen molar-refractivity contribution in [3.05, 3.63) is 23.8 Å². The first-order valence-electron chi connectivity index (χ1n) is 7.00. The van der Waals surface area contributed by atoms with Gasteiger partial charge in [-0.25, -0.2) is 8.42 Å². The van der Waals surface area contributed by atoms with Crippen LogP contribution in [0.25, 0.3) is 0 Å². The number of amides is 1. The summed E-state index contributed by atoms with van der Waals surface area (Å²) in [6.07, 6.45) is 4.29. The Bertz CT molecular complexity index is 632. The number of carbonyl (C=O) groups is 1. The molecule has 0 bridgehead atoms. The Balaban J connectivity index is 1.91. The molecule has 0 radical (unpaired) electrons. The molecule has 6 heteroatoms. The Labute approximate surface area is 119 Å². The van der Waals surface area contributed by atoms with E-state index >= 15 is 0 Å². The summed E-state index contributed by atoms with van der Waals surface area (Å²) in [4.78, 5) is 11.6. The molecule has 1 aromatic carbocycles. The van der Waals surface area contributed by atoms with E-state index in [1.54, 1.807) is 22.5 Å². The predicted molar refractivity (Wildman–Crippen MR) is 76.0 cm³/mol. The highest BCUT2D eigenvalue weighted by molar-refractivity contribution is 7.89. The topological polar surface area (TPSA) is 66.5 Å². The third-order valence-corrected chi connectivity index (χ3v) is 5.80. The second kappa shape index (κ2) is 5.18. The van der Waals surface area contributed by atoms with E-state index in [4.69, 9.17) is 0 Å². The molecule has 1 aromatic rings. The summed E-state index contributed by atoms with van der Waals surface area (Å²) in [5.41, 5.74) is 1.50. The maximum atomic E-state index is 12.6. The van der Waals surface area contributed by atoms with E-state index in [1.807, 2.05) is 0 Å². The van der Waals surface area contributed by atoms with E-state index in [0.717, 1.165) is 36.9 Å². The number of anilines is 1. The number of nitrogens with one attached hydrogen (secondary N) is 1. The first-order valence-corrected chi connectivity index (χ1v) is 8.44. The van der Waals surface area contributed by atoms with Gasteiger partial charge in [0, 0.05) is 18.8 Å². The highest BCUT2D eigenvalue weighted by Crippen LogP contribution is 2.28. The van der Waals surface area contributed by atoms with Crippen LogP contribution in [0.15, 0.2) is 23.1 Å². The third kappa shape index (κ3) is 2.45. The maximum absolute atomic E-state index is 12.6. The quantitative estimate of drug-likeness (QED) is 0.903.